The summed E-state index contributed by atoms with van der Waals surface area (Å²) >= 11 is 0. The van der Waals surface area contributed by atoms with Crippen molar-refractivity contribution in [3.05, 3.63) is 35.4 Å². The molecule has 0 heterocycles. The van der Waals surface area contributed by atoms with E-state index in [1.165, 1.54) is 0 Å². The molecular formula is C17H24N2O4. The van der Waals surface area contributed by atoms with Crippen molar-refractivity contribution in [3.63, 3.8) is 0 Å². The first kappa shape index (κ1) is 18.7. The second kappa shape index (κ2) is 8.31. The van der Waals surface area contributed by atoms with Gasteiger partial charge in [0.25, 0.3) is 5.91 Å². The number of hydrogen-bond acceptors (Lipinski definition) is 3. The average molecular weight is 320 g/mol. The monoisotopic (exact) mass is 320 g/mol. The van der Waals surface area contributed by atoms with Gasteiger partial charge in [-0.1, -0.05) is 12.1 Å². The second-order valence-corrected chi connectivity index (χ2v) is 6.11. The van der Waals surface area contributed by atoms with Crippen molar-refractivity contribution in [1.29, 1.82) is 0 Å². The molecule has 0 aliphatic carbocycles. The highest BCUT2D eigenvalue weighted by Gasteiger charge is 2.21. The number of aliphatic carboxylic acids is 1. The molecule has 0 aliphatic heterocycles. The molecule has 0 atom stereocenters. The summed E-state index contributed by atoms with van der Waals surface area (Å²) in [7, 11) is 1.57. The lowest BCUT2D eigenvalue weighted by Gasteiger charge is -2.25. The Balaban J connectivity index is 2.53. The summed E-state index contributed by atoms with van der Waals surface area (Å²) < 4.78 is 0. The minimum absolute atomic E-state index is 0.0153. The number of nitrogens with one attached hydrogen (secondary N) is 2. The van der Waals surface area contributed by atoms with Crippen LogP contribution in [0.25, 0.3) is 0 Å². The van der Waals surface area contributed by atoms with Crippen molar-refractivity contribution >= 4 is 17.8 Å². The van der Waals surface area contributed by atoms with Gasteiger partial charge in [-0.3, -0.25) is 14.4 Å². The van der Waals surface area contributed by atoms with Crippen LogP contribution in [0.4, 0.5) is 0 Å². The predicted octanol–water partition coefficient (Wildman–Crippen LogP) is 1.74. The number of aryl methyl sites for hydroxylation is 1. The van der Waals surface area contributed by atoms with E-state index in [4.69, 9.17) is 5.11 Å². The van der Waals surface area contributed by atoms with Crippen LogP contribution in [0.2, 0.25) is 0 Å². The van der Waals surface area contributed by atoms with Crippen LogP contribution in [0.1, 0.15) is 49.0 Å². The van der Waals surface area contributed by atoms with Gasteiger partial charge in [-0.25, -0.2) is 0 Å². The Hall–Kier alpha value is -2.37. The Morgan fingerprint density at radius 1 is 1.17 bits per heavy atom. The summed E-state index contributed by atoms with van der Waals surface area (Å²) in [6.45, 7) is 3.61. The van der Waals surface area contributed by atoms with Gasteiger partial charge in [0.15, 0.2) is 0 Å². The minimum Gasteiger partial charge on any atom is -0.481 e. The van der Waals surface area contributed by atoms with Crippen molar-refractivity contribution in [1.82, 2.24) is 10.6 Å². The first-order chi connectivity index (χ1) is 10.7. The summed E-state index contributed by atoms with van der Waals surface area (Å²) in [5.41, 5.74) is 0.913. The van der Waals surface area contributed by atoms with E-state index in [9.17, 15) is 14.4 Å². The van der Waals surface area contributed by atoms with E-state index in [-0.39, 0.29) is 24.7 Å². The maximum absolute atomic E-state index is 12.0. The maximum atomic E-state index is 12.0. The average Bonchev–Trinajstić information content (AvgIpc) is 2.50. The molecule has 0 saturated carbocycles. The van der Waals surface area contributed by atoms with Crippen molar-refractivity contribution in [2.24, 2.45) is 0 Å². The zero-order chi connectivity index (χ0) is 17.5. The molecule has 1 aromatic carbocycles. The van der Waals surface area contributed by atoms with E-state index in [0.717, 1.165) is 5.56 Å². The molecule has 126 valence electrons. The lowest BCUT2D eigenvalue weighted by molar-refractivity contribution is -0.137. The van der Waals surface area contributed by atoms with Crippen LogP contribution in [-0.4, -0.2) is 35.5 Å². The molecule has 1 aromatic rings. The van der Waals surface area contributed by atoms with Crippen molar-refractivity contribution in [2.45, 2.75) is 45.1 Å². The zero-order valence-corrected chi connectivity index (χ0v) is 13.8. The number of carboxylic acids is 1. The topological polar surface area (TPSA) is 95.5 Å². The van der Waals surface area contributed by atoms with Gasteiger partial charge < -0.3 is 15.7 Å². The molecule has 3 N–H and O–H groups in total. The quantitative estimate of drug-likeness (QED) is 0.680. The van der Waals surface area contributed by atoms with Crippen LogP contribution in [0.15, 0.2) is 24.3 Å². The lowest BCUT2D eigenvalue weighted by atomic mass is 9.97. The van der Waals surface area contributed by atoms with Crippen LogP contribution < -0.4 is 10.6 Å². The minimum atomic E-state index is -0.877. The summed E-state index contributed by atoms with van der Waals surface area (Å²) in [4.78, 5) is 34.2. The van der Waals surface area contributed by atoms with Gasteiger partial charge in [0.1, 0.15) is 0 Å². The predicted molar refractivity (Wildman–Crippen MR) is 87.2 cm³/mol. The summed E-state index contributed by atoms with van der Waals surface area (Å²) in [6.07, 6.45) is 1.20. The van der Waals surface area contributed by atoms with Crippen LogP contribution in [-0.2, 0) is 16.0 Å². The molecule has 23 heavy (non-hydrogen) atoms. The summed E-state index contributed by atoms with van der Waals surface area (Å²) in [5, 5.41) is 14.1. The molecule has 6 heteroatoms. The molecule has 0 aromatic heterocycles. The summed E-state index contributed by atoms with van der Waals surface area (Å²) in [5.74, 6) is -1.17. The van der Waals surface area contributed by atoms with E-state index >= 15 is 0 Å². The summed E-state index contributed by atoms with van der Waals surface area (Å²) in [6, 6.07) is 7.14. The molecular weight excluding hydrogens is 296 g/mol. The zero-order valence-electron chi connectivity index (χ0n) is 13.8. The third-order valence-electron chi connectivity index (χ3n) is 3.50. The number of hydrogen-bond donors (Lipinski definition) is 3. The van der Waals surface area contributed by atoms with Gasteiger partial charge in [-0.2, -0.15) is 0 Å². The Morgan fingerprint density at radius 2 is 1.87 bits per heavy atom. The van der Waals surface area contributed by atoms with Gasteiger partial charge in [0.2, 0.25) is 5.91 Å². The SMILES string of the molecule is CNC(=O)c1cccc(CCC(=O)NC(C)(C)CCC(=O)O)c1. The highest BCUT2D eigenvalue weighted by molar-refractivity contribution is 5.94. The first-order valence-corrected chi connectivity index (χ1v) is 7.57. The molecule has 0 bridgehead atoms. The normalized spacial score (nSPS) is 10.9. The third-order valence-corrected chi connectivity index (χ3v) is 3.50. The molecule has 0 saturated heterocycles. The van der Waals surface area contributed by atoms with Gasteiger partial charge in [-0.05, 0) is 44.4 Å². The molecule has 0 unspecified atom stereocenters. The van der Waals surface area contributed by atoms with Crippen LogP contribution >= 0.6 is 0 Å². The van der Waals surface area contributed by atoms with E-state index in [1.807, 2.05) is 6.07 Å². The number of amides is 2. The number of benzene rings is 1. The van der Waals surface area contributed by atoms with E-state index in [1.54, 1.807) is 39.1 Å². The first-order valence-electron chi connectivity index (χ1n) is 7.57. The Morgan fingerprint density at radius 3 is 2.48 bits per heavy atom. The third kappa shape index (κ3) is 6.95. The molecule has 6 nitrogen and oxygen atoms in total. The standard InChI is InChI=1S/C17H24N2O4/c1-17(2,10-9-15(21)22)19-14(20)8-7-12-5-4-6-13(11-12)16(23)18-3/h4-6,11H,7-10H2,1-3H3,(H,18,23)(H,19,20)(H,21,22). The van der Waals surface area contributed by atoms with Gasteiger partial charge in [0.05, 0.1) is 0 Å². The second-order valence-electron chi connectivity index (χ2n) is 6.11. The fraction of sp³-hybridized carbons (Fsp3) is 0.471. The molecule has 0 fully saturated rings. The number of carbonyl (C=O) groups is 3. The van der Waals surface area contributed by atoms with E-state index < -0.39 is 11.5 Å². The van der Waals surface area contributed by atoms with Crippen LogP contribution in [0, 0.1) is 0 Å². The Kier molecular flexibility index (Phi) is 6.75. The molecule has 0 spiro atoms. The number of carbonyl (C=O) groups excluding carboxylic acids is 2. The van der Waals surface area contributed by atoms with Gasteiger partial charge in [-0.15, -0.1) is 0 Å². The van der Waals surface area contributed by atoms with Crippen molar-refractivity contribution in [3.8, 4) is 0 Å². The van der Waals surface area contributed by atoms with E-state index in [2.05, 4.69) is 10.6 Å². The number of carboxylic acid groups (broad SMARTS) is 1. The Bertz CT molecular complexity index is 582. The highest BCUT2D eigenvalue weighted by Crippen LogP contribution is 2.13. The van der Waals surface area contributed by atoms with Crippen molar-refractivity contribution in [2.75, 3.05) is 7.05 Å². The molecule has 2 amide bonds. The fourth-order valence-electron chi connectivity index (χ4n) is 2.19. The number of rotatable bonds is 8. The largest absolute Gasteiger partial charge is 0.481 e. The van der Waals surface area contributed by atoms with E-state index in [0.29, 0.717) is 18.4 Å². The van der Waals surface area contributed by atoms with Crippen LogP contribution in [0.3, 0.4) is 0 Å². The molecule has 0 radical (unpaired) electrons. The smallest absolute Gasteiger partial charge is 0.303 e. The van der Waals surface area contributed by atoms with Crippen molar-refractivity contribution < 1.29 is 19.5 Å². The maximum Gasteiger partial charge on any atom is 0.303 e. The fourth-order valence-corrected chi connectivity index (χ4v) is 2.19. The van der Waals surface area contributed by atoms with Crippen LogP contribution in [0.5, 0.6) is 0 Å². The highest BCUT2D eigenvalue weighted by atomic mass is 16.4. The molecule has 1 rings (SSSR count). The molecule has 0 aliphatic rings. The lowest BCUT2D eigenvalue weighted by Crippen LogP contribution is -2.43. The van der Waals surface area contributed by atoms with Gasteiger partial charge in [0, 0.05) is 31.0 Å². The Labute approximate surface area is 136 Å². The van der Waals surface area contributed by atoms with Gasteiger partial charge >= 0.3 is 5.97 Å².